The number of nitrogens with zero attached hydrogens (tertiary/aromatic N) is 2. The molecule has 31 heavy (non-hydrogen) atoms. The van der Waals surface area contributed by atoms with Gasteiger partial charge in [0, 0.05) is 6.61 Å². The zero-order chi connectivity index (χ0) is 22.9. The monoisotopic (exact) mass is 448 g/mol. The van der Waals surface area contributed by atoms with Gasteiger partial charge in [-0.05, 0) is 28.3 Å². The minimum atomic E-state index is -2.70. The Kier molecular flexibility index (Phi) is 8.52. The molecule has 10 heteroatoms. The standard InChI is InChI=1S/C21H28N2O7Si/c1-21(2,3)31(19-12-6-4-7-13-19,20-14-8-5-9-15-20)29-16-10-11-18(30-23(26)27)17-28-22(24)25/h4-9,12-15,18H,10-11,16-17H2,1-3H3/t18-/m0/s1. The van der Waals surface area contributed by atoms with E-state index in [0.29, 0.717) is 13.0 Å². The predicted molar refractivity (Wildman–Crippen MR) is 118 cm³/mol. The van der Waals surface area contributed by atoms with Crippen molar-refractivity contribution in [1.29, 1.82) is 0 Å². The number of hydrogen-bond acceptors (Lipinski definition) is 7. The van der Waals surface area contributed by atoms with Crippen molar-refractivity contribution in [3.63, 3.8) is 0 Å². The molecule has 0 fully saturated rings. The van der Waals surface area contributed by atoms with Crippen LogP contribution in [0.5, 0.6) is 0 Å². The normalized spacial score (nSPS) is 12.7. The van der Waals surface area contributed by atoms with Crippen molar-refractivity contribution in [3.05, 3.63) is 80.9 Å². The summed E-state index contributed by atoms with van der Waals surface area (Å²) in [4.78, 5) is 29.9. The van der Waals surface area contributed by atoms with Gasteiger partial charge in [-0.2, -0.15) is 0 Å². The predicted octanol–water partition coefficient (Wildman–Crippen LogP) is 3.13. The summed E-state index contributed by atoms with van der Waals surface area (Å²) in [6.07, 6.45) is -0.431. The van der Waals surface area contributed by atoms with E-state index in [2.05, 4.69) is 54.7 Å². The summed E-state index contributed by atoms with van der Waals surface area (Å²) >= 11 is 0. The van der Waals surface area contributed by atoms with Gasteiger partial charge in [0.05, 0.1) is 0 Å². The molecule has 2 rings (SSSR count). The third-order valence-corrected chi connectivity index (χ3v) is 10.0. The summed E-state index contributed by atoms with van der Waals surface area (Å²) in [5.41, 5.74) is 0. The molecule has 0 aliphatic carbocycles. The fourth-order valence-electron chi connectivity index (χ4n) is 3.73. The van der Waals surface area contributed by atoms with E-state index < -0.39 is 31.2 Å². The molecule has 168 valence electrons. The van der Waals surface area contributed by atoms with Crippen LogP contribution in [0.15, 0.2) is 60.7 Å². The van der Waals surface area contributed by atoms with Gasteiger partial charge < -0.3 is 14.1 Å². The van der Waals surface area contributed by atoms with E-state index in [0.717, 1.165) is 10.4 Å². The lowest BCUT2D eigenvalue weighted by Gasteiger charge is -2.43. The van der Waals surface area contributed by atoms with Crippen LogP contribution in [0.2, 0.25) is 5.04 Å². The molecule has 0 saturated carbocycles. The molecule has 0 aromatic heterocycles. The van der Waals surface area contributed by atoms with Crippen LogP contribution in [0, 0.1) is 20.2 Å². The Bertz CT molecular complexity index is 804. The third kappa shape index (κ3) is 6.50. The SMILES string of the molecule is CC(C)(C)[Si](OCCC[C@@H](CO[N+](=O)[O-])O[N+](=O)[O-])(c1ccccc1)c1ccccc1. The molecule has 0 unspecified atom stereocenters. The highest BCUT2D eigenvalue weighted by Gasteiger charge is 2.49. The molecule has 0 N–H and O–H groups in total. The Balaban J connectivity index is 2.22. The van der Waals surface area contributed by atoms with E-state index in [1.807, 2.05) is 36.4 Å². The molecule has 0 saturated heterocycles. The fraction of sp³-hybridized carbons (Fsp3) is 0.429. The first kappa shape index (κ1) is 24.3. The van der Waals surface area contributed by atoms with Crippen molar-refractivity contribution in [3.8, 4) is 0 Å². The molecule has 0 bridgehead atoms. The van der Waals surface area contributed by atoms with Crippen molar-refractivity contribution in [1.82, 2.24) is 0 Å². The topological polar surface area (TPSA) is 114 Å². The van der Waals surface area contributed by atoms with E-state index in [9.17, 15) is 20.2 Å². The average molecular weight is 449 g/mol. The van der Waals surface area contributed by atoms with E-state index in [4.69, 9.17) is 4.43 Å². The molecule has 0 amide bonds. The molecule has 1 atom stereocenters. The van der Waals surface area contributed by atoms with Crippen molar-refractivity contribution in [2.24, 2.45) is 0 Å². The maximum absolute atomic E-state index is 10.7. The van der Waals surface area contributed by atoms with Crippen LogP contribution >= 0.6 is 0 Å². The van der Waals surface area contributed by atoms with Crippen molar-refractivity contribution < 1.29 is 24.3 Å². The zero-order valence-corrected chi connectivity index (χ0v) is 18.9. The Morgan fingerprint density at radius 1 is 0.903 bits per heavy atom. The molecule has 0 spiro atoms. The number of rotatable bonds is 12. The van der Waals surface area contributed by atoms with Crippen LogP contribution in [0.1, 0.15) is 33.6 Å². The lowest BCUT2D eigenvalue weighted by atomic mass is 10.2. The second kappa shape index (κ2) is 10.9. The molecule has 0 aliphatic heterocycles. The van der Waals surface area contributed by atoms with E-state index in [-0.39, 0.29) is 11.5 Å². The van der Waals surface area contributed by atoms with Gasteiger partial charge >= 0.3 is 0 Å². The van der Waals surface area contributed by atoms with E-state index in [1.165, 1.54) is 0 Å². The lowest BCUT2D eigenvalue weighted by Crippen LogP contribution is -2.66. The van der Waals surface area contributed by atoms with Crippen LogP contribution in [-0.2, 0) is 14.1 Å². The van der Waals surface area contributed by atoms with Gasteiger partial charge in [0.15, 0.2) is 0 Å². The van der Waals surface area contributed by atoms with E-state index >= 15 is 0 Å². The second-order valence-electron chi connectivity index (χ2n) is 8.12. The lowest BCUT2D eigenvalue weighted by molar-refractivity contribution is -0.790. The van der Waals surface area contributed by atoms with Crippen LogP contribution < -0.4 is 10.4 Å². The highest BCUT2D eigenvalue weighted by molar-refractivity contribution is 6.99. The molecule has 9 nitrogen and oxygen atoms in total. The minimum Gasteiger partial charge on any atom is -0.407 e. The molecule has 2 aromatic rings. The van der Waals surface area contributed by atoms with Gasteiger partial charge in [0.25, 0.3) is 18.5 Å². The van der Waals surface area contributed by atoms with E-state index in [1.54, 1.807) is 0 Å². The van der Waals surface area contributed by atoms with Gasteiger partial charge in [0.2, 0.25) is 0 Å². The largest absolute Gasteiger partial charge is 0.407 e. The maximum Gasteiger partial charge on any atom is 0.294 e. The summed E-state index contributed by atoms with van der Waals surface area (Å²) in [5.74, 6) is 0. The zero-order valence-electron chi connectivity index (χ0n) is 17.9. The summed E-state index contributed by atoms with van der Waals surface area (Å²) in [6.45, 7) is 6.28. The summed E-state index contributed by atoms with van der Waals surface area (Å²) < 4.78 is 6.69. The Hall–Kier alpha value is -2.98. The van der Waals surface area contributed by atoms with Crippen molar-refractivity contribution in [2.45, 2.75) is 44.8 Å². The second-order valence-corrected chi connectivity index (χ2v) is 12.4. The number of hydrogen-bond donors (Lipinski definition) is 0. The Morgan fingerprint density at radius 3 is 1.84 bits per heavy atom. The van der Waals surface area contributed by atoms with Gasteiger partial charge in [-0.3, -0.25) is 0 Å². The maximum atomic E-state index is 10.7. The van der Waals surface area contributed by atoms with Crippen molar-refractivity contribution >= 4 is 18.7 Å². The van der Waals surface area contributed by atoms with Gasteiger partial charge in [-0.1, -0.05) is 81.4 Å². The molecule has 0 heterocycles. The third-order valence-electron chi connectivity index (χ3n) is 5.01. The van der Waals surface area contributed by atoms with Crippen LogP contribution in [0.3, 0.4) is 0 Å². The highest BCUT2D eigenvalue weighted by atomic mass is 28.4. The Morgan fingerprint density at radius 2 is 1.42 bits per heavy atom. The van der Waals surface area contributed by atoms with Gasteiger partial charge in [-0.25, -0.2) is 0 Å². The summed E-state index contributed by atoms with van der Waals surface area (Å²) in [5, 5.41) is 21.2. The highest BCUT2D eigenvalue weighted by Crippen LogP contribution is 2.36. The fourth-order valence-corrected chi connectivity index (χ4v) is 8.34. The smallest absolute Gasteiger partial charge is 0.294 e. The first-order valence-electron chi connectivity index (χ1n) is 10.0. The summed E-state index contributed by atoms with van der Waals surface area (Å²) in [6, 6.07) is 20.2. The van der Waals surface area contributed by atoms with Crippen LogP contribution in [0.4, 0.5) is 0 Å². The molecular weight excluding hydrogens is 420 g/mol. The minimum absolute atomic E-state index is 0.188. The molecular formula is C21H28N2O7Si. The van der Waals surface area contributed by atoms with Gasteiger partial charge in [-0.15, -0.1) is 20.2 Å². The molecule has 0 radical (unpaired) electrons. The average Bonchev–Trinajstić information content (AvgIpc) is 2.72. The first-order valence-corrected chi connectivity index (χ1v) is 11.9. The molecule has 2 aromatic carbocycles. The van der Waals surface area contributed by atoms with Crippen LogP contribution in [0.25, 0.3) is 0 Å². The van der Waals surface area contributed by atoms with Gasteiger partial charge in [0.1, 0.15) is 12.7 Å². The quantitative estimate of drug-likeness (QED) is 0.212. The van der Waals surface area contributed by atoms with Crippen molar-refractivity contribution in [2.75, 3.05) is 13.2 Å². The Labute approximate surface area is 182 Å². The first-order chi connectivity index (χ1) is 14.7. The van der Waals surface area contributed by atoms with Crippen LogP contribution in [-0.4, -0.2) is 37.8 Å². The number of benzene rings is 2. The summed E-state index contributed by atoms with van der Waals surface area (Å²) in [7, 11) is -2.70. The molecule has 0 aliphatic rings.